The second-order valence-electron chi connectivity index (χ2n) is 11.5. The summed E-state index contributed by atoms with van der Waals surface area (Å²) in [6.45, 7) is 0. The highest BCUT2D eigenvalue weighted by Gasteiger charge is 2.53. The predicted molar refractivity (Wildman–Crippen MR) is 131 cm³/mol. The van der Waals surface area contributed by atoms with E-state index in [0.717, 1.165) is 48.4 Å². The summed E-state index contributed by atoms with van der Waals surface area (Å²) in [6.07, 6.45) is 12.2. The van der Waals surface area contributed by atoms with Crippen LogP contribution in [0.2, 0.25) is 0 Å². The maximum atomic E-state index is 12.9. The van der Waals surface area contributed by atoms with E-state index < -0.39 is 5.97 Å². The Morgan fingerprint density at radius 2 is 1.56 bits per heavy atom. The van der Waals surface area contributed by atoms with Gasteiger partial charge in [0, 0.05) is 17.4 Å². The van der Waals surface area contributed by atoms with Gasteiger partial charge < -0.3 is 5.11 Å². The van der Waals surface area contributed by atoms with Gasteiger partial charge in [0.25, 0.3) is 5.91 Å². The first-order valence-corrected chi connectivity index (χ1v) is 13.7. The van der Waals surface area contributed by atoms with Crippen LogP contribution in [0.4, 0.5) is 5.13 Å². The van der Waals surface area contributed by atoms with Gasteiger partial charge in [-0.1, -0.05) is 23.5 Å². The Hall–Kier alpha value is -2.28. The number of carboxylic acid groups (broad SMARTS) is 1. The Bertz CT molecular complexity index is 1040. The van der Waals surface area contributed by atoms with E-state index in [1.165, 1.54) is 44.1 Å². The molecule has 180 valence electrons. The number of aromatic nitrogens is 2. The third-order valence-corrected chi connectivity index (χ3v) is 10.2. The van der Waals surface area contributed by atoms with Gasteiger partial charge in [0.05, 0.1) is 0 Å². The zero-order valence-corrected chi connectivity index (χ0v) is 20.4. The van der Waals surface area contributed by atoms with Crippen molar-refractivity contribution < 1.29 is 14.7 Å². The number of carboxylic acids is 1. The normalized spacial score (nSPS) is 34.2. The number of hydrogen-bond acceptors (Lipinski definition) is 5. The number of amides is 1. The molecular formula is C27H33N3O3S. The minimum absolute atomic E-state index is 0.134. The lowest BCUT2D eigenvalue weighted by Gasteiger charge is -2.55. The maximum Gasteiger partial charge on any atom is 0.303 e. The molecule has 2 N–H and O–H groups in total. The van der Waals surface area contributed by atoms with Crippen LogP contribution >= 0.6 is 11.3 Å². The van der Waals surface area contributed by atoms with Gasteiger partial charge >= 0.3 is 5.97 Å². The fraction of sp³-hybridized carbons (Fsp3) is 0.630. The van der Waals surface area contributed by atoms with Crippen LogP contribution in [0.5, 0.6) is 0 Å². The summed E-state index contributed by atoms with van der Waals surface area (Å²) in [6, 6.07) is 7.90. The van der Waals surface area contributed by atoms with Gasteiger partial charge in [-0.15, -0.1) is 10.2 Å². The second kappa shape index (κ2) is 8.74. The third kappa shape index (κ3) is 4.28. The molecule has 2 aromatic rings. The number of anilines is 1. The summed E-state index contributed by atoms with van der Waals surface area (Å²) in [7, 11) is 0. The predicted octanol–water partition coefficient (Wildman–Crippen LogP) is 6.01. The van der Waals surface area contributed by atoms with E-state index >= 15 is 0 Å². The van der Waals surface area contributed by atoms with Crippen molar-refractivity contribution in [2.45, 2.75) is 82.0 Å². The highest BCUT2D eigenvalue weighted by Crippen LogP contribution is 2.61. The Morgan fingerprint density at radius 3 is 2.15 bits per heavy atom. The van der Waals surface area contributed by atoms with Crippen LogP contribution in [-0.4, -0.2) is 27.2 Å². The Kier molecular flexibility index (Phi) is 5.71. The zero-order chi connectivity index (χ0) is 23.3. The molecule has 0 atom stereocenters. The van der Waals surface area contributed by atoms with E-state index in [0.29, 0.717) is 22.5 Å². The number of carbonyl (C=O) groups excluding carboxylic acids is 1. The molecule has 4 bridgehead atoms. The van der Waals surface area contributed by atoms with E-state index in [9.17, 15) is 9.59 Å². The molecule has 1 amide bonds. The van der Waals surface area contributed by atoms with Gasteiger partial charge in [-0.2, -0.15) is 0 Å². The van der Waals surface area contributed by atoms with Crippen LogP contribution in [0.1, 0.15) is 97.5 Å². The Labute approximate surface area is 204 Å². The molecule has 5 fully saturated rings. The van der Waals surface area contributed by atoms with E-state index in [-0.39, 0.29) is 17.7 Å². The van der Waals surface area contributed by atoms with Crippen LogP contribution in [0.3, 0.4) is 0 Å². The van der Waals surface area contributed by atoms with Crippen molar-refractivity contribution in [2.75, 3.05) is 5.32 Å². The van der Waals surface area contributed by atoms with E-state index in [4.69, 9.17) is 5.11 Å². The molecule has 5 saturated carbocycles. The standard InChI is InChI=1S/C27H33N3O3S/c31-23(32)12-16-1-3-20(4-2-16)21-5-7-22(8-6-21)24(33)28-26-30-29-25(34-26)27-13-17-9-18(14-27)11-19(10-17)15-27/h5-8,16-20H,1-4,9-15H2,(H,31,32)(H,28,30,33). The summed E-state index contributed by atoms with van der Waals surface area (Å²) < 4.78 is 0. The quantitative estimate of drug-likeness (QED) is 0.530. The molecule has 0 radical (unpaired) electrons. The largest absolute Gasteiger partial charge is 0.481 e. The van der Waals surface area contributed by atoms with Crippen LogP contribution in [-0.2, 0) is 10.2 Å². The van der Waals surface area contributed by atoms with Gasteiger partial charge in [0.15, 0.2) is 0 Å². The van der Waals surface area contributed by atoms with Gasteiger partial charge in [-0.25, -0.2) is 0 Å². The molecule has 0 spiro atoms. The van der Waals surface area contributed by atoms with E-state index in [1.54, 1.807) is 11.3 Å². The van der Waals surface area contributed by atoms with E-state index in [1.807, 2.05) is 12.1 Å². The van der Waals surface area contributed by atoms with E-state index in [2.05, 4.69) is 27.6 Å². The third-order valence-electron chi connectivity index (χ3n) is 9.09. The second-order valence-corrected chi connectivity index (χ2v) is 12.5. The smallest absolute Gasteiger partial charge is 0.303 e. The van der Waals surface area contributed by atoms with Crippen molar-refractivity contribution in [1.82, 2.24) is 10.2 Å². The monoisotopic (exact) mass is 479 g/mol. The molecule has 1 heterocycles. The van der Waals surface area contributed by atoms with Crippen molar-refractivity contribution >= 4 is 28.3 Å². The van der Waals surface area contributed by atoms with Gasteiger partial charge in [0.1, 0.15) is 5.01 Å². The molecule has 0 unspecified atom stereocenters. The summed E-state index contributed by atoms with van der Waals surface area (Å²) in [5, 5.41) is 22.7. The molecule has 0 aliphatic heterocycles. The van der Waals surface area contributed by atoms with Crippen molar-refractivity contribution in [2.24, 2.45) is 23.7 Å². The molecular weight excluding hydrogens is 446 g/mol. The number of nitrogens with zero attached hydrogens (tertiary/aromatic N) is 2. The minimum Gasteiger partial charge on any atom is -0.481 e. The Morgan fingerprint density at radius 1 is 0.941 bits per heavy atom. The molecule has 5 aliphatic carbocycles. The zero-order valence-electron chi connectivity index (χ0n) is 19.5. The summed E-state index contributed by atoms with van der Waals surface area (Å²) in [4.78, 5) is 23.8. The lowest BCUT2D eigenvalue weighted by atomic mass is 9.50. The number of aliphatic carboxylic acids is 1. The fourth-order valence-corrected chi connectivity index (χ4v) is 8.84. The summed E-state index contributed by atoms with van der Waals surface area (Å²) in [5.41, 5.74) is 2.08. The maximum absolute atomic E-state index is 12.9. The topological polar surface area (TPSA) is 92.2 Å². The first-order valence-electron chi connectivity index (χ1n) is 12.9. The highest BCUT2D eigenvalue weighted by atomic mass is 32.1. The highest BCUT2D eigenvalue weighted by molar-refractivity contribution is 7.15. The Balaban J connectivity index is 1.07. The number of nitrogens with one attached hydrogen (secondary N) is 1. The average Bonchev–Trinajstić information content (AvgIpc) is 3.28. The summed E-state index contributed by atoms with van der Waals surface area (Å²) in [5.74, 6) is 2.50. The molecule has 5 aliphatic rings. The van der Waals surface area contributed by atoms with Crippen molar-refractivity contribution in [1.29, 1.82) is 0 Å². The number of hydrogen-bond donors (Lipinski definition) is 2. The number of benzene rings is 1. The van der Waals surface area contributed by atoms with Crippen molar-refractivity contribution in [3.8, 4) is 0 Å². The molecule has 7 heteroatoms. The lowest BCUT2D eigenvalue weighted by molar-refractivity contribution is -0.138. The number of carbonyl (C=O) groups is 2. The van der Waals surface area contributed by atoms with Crippen LogP contribution < -0.4 is 5.32 Å². The SMILES string of the molecule is O=C(O)CC1CCC(c2ccc(C(=O)Nc3nnc(C45CC6CC(CC(C6)C4)C5)s3)cc2)CC1. The first-order chi connectivity index (χ1) is 16.5. The van der Waals surface area contributed by atoms with Gasteiger partial charge in [-0.05, 0) is 111 Å². The van der Waals surface area contributed by atoms with Crippen molar-refractivity contribution in [3.63, 3.8) is 0 Å². The van der Waals surface area contributed by atoms with Gasteiger partial charge in [-0.3, -0.25) is 14.9 Å². The molecule has 7 rings (SSSR count). The molecule has 1 aromatic heterocycles. The molecule has 1 aromatic carbocycles. The lowest BCUT2D eigenvalue weighted by Crippen LogP contribution is -2.48. The van der Waals surface area contributed by atoms with Gasteiger partial charge in [0.2, 0.25) is 5.13 Å². The van der Waals surface area contributed by atoms with Crippen molar-refractivity contribution in [3.05, 3.63) is 40.4 Å². The van der Waals surface area contributed by atoms with Crippen LogP contribution in [0.15, 0.2) is 24.3 Å². The first kappa shape index (κ1) is 22.2. The minimum atomic E-state index is -0.695. The molecule has 0 saturated heterocycles. The fourth-order valence-electron chi connectivity index (χ4n) is 7.88. The molecule has 34 heavy (non-hydrogen) atoms. The molecule has 6 nitrogen and oxygen atoms in total. The number of rotatable bonds is 6. The van der Waals surface area contributed by atoms with Crippen LogP contribution in [0, 0.1) is 23.7 Å². The van der Waals surface area contributed by atoms with Crippen LogP contribution in [0.25, 0.3) is 0 Å². The summed E-state index contributed by atoms with van der Waals surface area (Å²) >= 11 is 1.58. The average molecular weight is 480 g/mol.